The van der Waals surface area contributed by atoms with Gasteiger partial charge in [0.15, 0.2) is 0 Å². The average molecular weight is 332 g/mol. The third kappa shape index (κ3) is 3.05. The van der Waals surface area contributed by atoms with Crippen molar-refractivity contribution in [3.8, 4) is 11.1 Å². The summed E-state index contributed by atoms with van der Waals surface area (Å²) in [7, 11) is 0. The highest BCUT2D eigenvalue weighted by Gasteiger charge is 2.48. The van der Waals surface area contributed by atoms with Gasteiger partial charge in [-0.05, 0) is 41.7 Å². The molecule has 0 atom stereocenters. The number of benzene rings is 3. The van der Waals surface area contributed by atoms with Gasteiger partial charge in [-0.3, -0.25) is 0 Å². The highest BCUT2D eigenvalue weighted by molar-refractivity contribution is 5.91. The second kappa shape index (κ2) is 6.17. The number of esters is 1. The van der Waals surface area contributed by atoms with Crippen LogP contribution < -0.4 is 0 Å². The first-order chi connectivity index (χ1) is 12.2. The molecule has 1 aliphatic rings. The molecule has 2 nitrogen and oxygen atoms in total. The molecule has 0 radical (unpaired) electrons. The molecule has 0 aliphatic heterocycles. The topological polar surface area (TPSA) is 26.3 Å². The van der Waals surface area contributed by atoms with Gasteiger partial charge in [0.05, 0.1) is 5.56 Å². The molecule has 0 heterocycles. The van der Waals surface area contributed by atoms with Crippen molar-refractivity contribution in [3.63, 3.8) is 0 Å². The van der Waals surface area contributed by atoms with Gasteiger partial charge in [0, 0.05) is 0 Å². The lowest BCUT2D eigenvalue weighted by molar-refractivity contribution is 0.0209. The molecular formula is C22H17FO2. The Morgan fingerprint density at radius 2 is 1.48 bits per heavy atom. The molecule has 0 spiro atoms. The van der Waals surface area contributed by atoms with E-state index in [1.807, 2.05) is 60.7 Å². The van der Waals surface area contributed by atoms with E-state index in [9.17, 15) is 9.18 Å². The van der Waals surface area contributed by atoms with Gasteiger partial charge in [0.2, 0.25) is 0 Å². The predicted molar refractivity (Wildman–Crippen MR) is 94.6 cm³/mol. The van der Waals surface area contributed by atoms with E-state index in [0.29, 0.717) is 0 Å². The minimum atomic E-state index is -0.613. The van der Waals surface area contributed by atoms with Crippen molar-refractivity contribution >= 4 is 5.97 Å². The summed E-state index contributed by atoms with van der Waals surface area (Å²) in [5.41, 5.74) is 1.98. The first kappa shape index (κ1) is 15.6. The SMILES string of the molecule is O=C(OC1(c2ccccc2)CC1)c1ccc(-c2ccccc2)cc1F. The van der Waals surface area contributed by atoms with Gasteiger partial charge in [0.25, 0.3) is 0 Å². The lowest BCUT2D eigenvalue weighted by atomic mass is 10.0. The summed E-state index contributed by atoms with van der Waals surface area (Å²) in [5.74, 6) is -1.17. The molecule has 3 heteroatoms. The van der Waals surface area contributed by atoms with Crippen LogP contribution in [0.3, 0.4) is 0 Å². The van der Waals surface area contributed by atoms with E-state index < -0.39 is 17.4 Å². The van der Waals surface area contributed by atoms with Gasteiger partial charge >= 0.3 is 5.97 Å². The lowest BCUT2D eigenvalue weighted by Crippen LogP contribution is -2.18. The van der Waals surface area contributed by atoms with E-state index in [1.54, 1.807) is 6.07 Å². The third-order valence-electron chi connectivity index (χ3n) is 4.59. The van der Waals surface area contributed by atoms with Gasteiger partial charge in [-0.15, -0.1) is 0 Å². The van der Waals surface area contributed by atoms with Crippen molar-refractivity contribution < 1.29 is 13.9 Å². The van der Waals surface area contributed by atoms with Crippen LogP contribution in [0, 0.1) is 5.82 Å². The molecule has 4 rings (SSSR count). The van der Waals surface area contributed by atoms with Gasteiger partial charge in [-0.1, -0.05) is 66.7 Å². The molecule has 1 aliphatic carbocycles. The van der Waals surface area contributed by atoms with Crippen molar-refractivity contribution in [3.05, 3.63) is 95.8 Å². The molecule has 3 aromatic rings. The van der Waals surface area contributed by atoms with Gasteiger partial charge in [0.1, 0.15) is 11.4 Å². The molecule has 1 saturated carbocycles. The van der Waals surface area contributed by atoms with Crippen LogP contribution in [-0.2, 0) is 10.3 Å². The zero-order valence-corrected chi connectivity index (χ0v) is 13.6. The van der Waals surface area contributed by atoms with Crippen LogP contribution in [0.5, 0.6) is 0 Å². The van der Waals surface area contributed by atoms with Crippen LogP contribution in [0.4, 0.5) is 4.39 Å². The van der Waals surface area contributed by atoms with E-state index in [2.05, 4.69) is 0 Å². The predicted octanol–water partition coefficient (Wildman–Crippen LogP) is 5.34. The number of rotatable bonds is 4. The van der Waals surface area contributed by atoms with Gasteiger partial charge < -0.3 is 4.74 Å². The second-order valence-electron chi connectivity index (χ2n) is 6.31. The molecule has 0 N–H and O–H groups in total. The Balaban J connectivity index is 1.57. The van der Waals surface area contributed by atoms with Gasteiger partial charge in [-0.25, -0.2) is 9.18 Å². The normalized spacial score (nSPS) is 14.8. The summed E-state index contributed by atoms with van der Waals surface area (Å²) in [6.07, 6.45) is 1.54. The summed E-state index contributed by atoms with van der Waals surface area (Å²) in [4.78, 5) is 12.5. The maximum Gasteiger partial charge on any atom is 0.342 e. The van der Waals surface area contributed by atoms with Crippen LogP contribution in [0.2, 0.25) is 0 Å². The van der Waals surface area contributed by atoms with Crippen molar-refractivity contribution in [1.82, 2.24) is 0 Å². The molecule has 3 aromatic carbocycles. The highest BCUT2D eigenvalue weighted by atomic mass is 19.1. The Bertz CT molecular complexity index is 900. The minimum absolute atomic E-state index is 0.0260. The monoisotopic (exact) mass is 332 g/mol. The Morgan fingerprint density at radius 3 is 2.08 bits per heavy atom. The molecule has 0 unspecified atom stereocenters. The first-order valence-electron chi connectivity index (χ1n) is 8.32. The molecule has 0 saturated heterocycles. The number of hydrogen-bond acceptors (Lipinski definition) is 2. The largest absolute Gasteiger partial charge is 0.451 e. The fourth-order valence-corrected chi connectivity index (χ4v) is 3.03. The molecule has 124 valence electrons. The number of ether oxygens (including phenoxy) is 1. The van der Waals surface area contributed by atoms with Crippen LogP contribution >= 0.6 is 0 Å². The molecule has 0 aromatic heterocycles. The number of halogens is 1. The van der Waals surface area contributed by atoms with Crippen LogP contribution in [0.1, 0.15) is 28.8 Å². The second-order valence-corrected chi connectivity index (χ2v) is 6.31. The Kier molecular flexibility index (Phi) is 3.85. The number of carbonyl (C=O) groups is 1. The Hall–Kier alpha value is -2.94. The van der Waals surface area contributed by atoms with Crippen molar-refractivity contribution in [2.24, 2.45) is 0 Å². The third-order valence-corrected chi connectivity index (χ3v) is 4.59. The molecule has 0 amide bonds. The number of carbonyl (C=O) groups excluding carboxylic acids is 1. The van der Waals surface area contributed by atoms with Gasteiger partial charge in [-0.2, -0.15) is 0 Å². The summed E-state index contributed by atoms with van der Waals surface area (Å²) < 4.78 is 20.2. The lowest BCUT2D eigenvalue weighted by Gasteiger charge is -2.17. The zero-order valence-electron chi connectivity index (χ0n) is 13.6. The Morgan fingerprint density at radius 1 is 0.840 bits per heavy atom. The highest BCUT2D eigenvalue weighted by Crippen LogP contribution is 2.49. The first-order valence-corrected chi connectivity index (χ1v) is 8.32. The van der Waals surface area contributed by atoms with Crippen molar-refractivity contribution in [2.75, 3.05) is 0 Å². The molecule has 0 bridgehead atoms. The quantitative estimate of drug-likeness (QED) is 0.603. The standard InChI is InChI=1S/C22H17FO2/c23-20-15-17(16-7-3-1-4-8-16)11-12-19(20)21(24)25-22(13-14-22)18-9-5-2-6-10-18/h1-12,15H,13-14H2. The summed E-state index contributed by atoms with van der Waals surface area (Å²) in [6, 6.07) is 23.8. The van der Waals surface area contributed by atoms with Crippen molar-refractivity contribution in [1.29, 1.82) is 0 Å². The van der Waals surface area contributed by atoms with E-state index in [0.717, 1.165) is 29.5 Å². The number of hydrogen-bond donors (Lipinski definition) is 0. The fourth-order valence-electron chi connectivity index (χ4n) is 3.03. The van der Waals surface area contributed by atoms with Crippen LogP contribution in [0.25, 0.3) is 11.1 Å². The smallest absolute Gasteiger partial charge is 0.342 e. The summed E-state index contributed by atoms with van der Waals surface area (Å²) >= 11 is 0. The zero-order chi connectivity index (χ0) is 17.3. The average Bonchev–Trinajstić information content (AvgIpc) is 3.43. The van der Waals surface area contributed by atoms with Crippen LogP contribution in [-0.4, -0.2) is 5.97 Å². The van der Waals surface area contributed by atoms with E-state index in [4.69, 9.17) is 4.74 Å². The summed E-state index contributed by atoms with van der Waals surface area (Å²) in [5, 5.41) is 0. The molecular weight excluding hydrogens is 315 g/mol. The Labute approximate surface area is 145 Å². The molecule has 1 fully saturated rings. The van der Waals surface area contributed by atoms with Crippen LogP contribution in [0.15, 0.2) is 78.9 Å². The summed E-state index contributed by atoms with van der Waals surface area (Å²) in [6.45, 7) is 0. The minimum Gasteiger partial charge on any atom is -0.451 e. The van der Waals surface area contributed by atoms with E-state index >= 15 is 0 Å². The van der Waals surface area contributed by atoms with Crippen molar-refractivity contribution in [2.45, 2.75) is 18.4 Å². The van der Waals surface area contributed by atoms with E-state index in [1.165, 1.54) is 12.1 Å². The molecule has 25 heavy (non-hydrogen) atoms. The van der Waals surface area contributed by atoms with E-state index in [-0.39, 0.29) is 5.56 Å². The fraction of sp³-hybridized carbons (Fsp3) is 0.136. The maximum absolute atomic E-state index is 14.5. The maximum atomic E-state index is 14.5.